The standard InChI is InChI=1S/C16H19N3OS2.C2HF3O2/c20-15-16(4-7-19(15)13-2-8-21-11-13)3-1-6-18(12-16)10-14-17-5-9-22-14;3-2(4,5)1(6)7/h2,5,8-9,11H,1,3-4,6-7,10,12H2;(H,6,7). The Labute approximate surface area is 173 Å². The molecule has 4 heterocycles. The van der Waals surface area contributed by atoms with Crippen LogP contribution < -0.4 is 4.90 Å². The molecule has 158 valence electrons. The first-order chi connectivity index (χ1) is 13.7. The molecule has 1 N–H and O–H groups in total. The summed E-state index contributed by atoms with van der Waals surface area (Å²) in [6, 6.07) is 2.05. The number of amides is 1. The minimum Gasteiger partial charge on any atom is -0.475 e. The summed E-state index contributed by atoms with van der Waals surface area (Å²) in [5.74, 6) is -2.43. The summed E-state index contributed by atoms with van der Waals surface area (Å²) >= 11 is 3.36. The number of rotatable bonds is 3. The number of piperidine rings is 1. The molecule has 2 aliphatic heterocycles. The van der Waals surface area contributed by atoms with Gasteiger partial charge in [0.1, 0.15) is 5.01 Å². The third-order valence-electron chi connectivity index (χ3n) is 5.07. The van der Waals surface area contributed by atoms with E-state index < -0.39 is 12.1 Å². The van der Waals surface area contributed by atoms with Gasteiger partial charge in [0, 0.05) is 30.0 Å². The van der Waals surface area contributed by atoms with Crippen molar-refractivity contribution in [3.63, 3.8) is 0 Å². The number of thiophene rings is 1. The molecular weight excluding hydrogens is 427 g/mol. The first-order valence-electron chi connectivity index (χ1n) is 8.96. The highest BCUT2D eigenvalue weighted by Gasteiger charge is 2.49. The van der Waals surface area contributed by atoms with Crippen molar-refractivity contribution in [2.45, 2.75) is 32.0 Å². The van der Waals surface area contributed by atoms with E-state index in [9.17, 15) is 18.0 Å². The number of carbonyl (C=O) groups is 2. The number of nitrogens with zero attached hydrogens (tertiary/aromatic N) is 3. The maximum atomic E-state index is 13.0. The first kappa shape index (κ1) is 21.7. The second-order valence-electron chi connectivity index (χ2n) is 7.01. The molecular formula is C18H20F3N3O3S2. The van der Waals surface area contributed by atoms with Gasteiger partial charge in [-0.3, -0.25) is 9.69 Å². The Hall–Kier alpha value is -1.98. The van der Waals surface area contributed by atoms with E-state index >= 15 is 0 Å². The average Bonchev–Trinajstić information content (AvgIpc) is 3.40. The number of aliphatic carboxylic acids is 1. The predicted octanol–water partition coefficient (Wildman–Crippen LogP) is 3.86. The van der Waals surface area contributed by atoms with Gasteiger partial charge >= 0.3 is 12.1 Å². The van der Waals surface area contributed by atoms with Gasteiger partial charge in [-0.05, 0) is 37.3 Å². The lowest BCUT2D eigenvalue weighted by molar-refractivity contribution is -0.192. The zero-order valence-electron chi connectivity index (χ0n) is 15.4. The molecule has 11 heteroatoms. The molecule has 0 aliphatic carbocycles. The Morgan fingerprint density at radius 3 is 2.62 bits per heavy atom. The molecule has 1 amide bonds. The van der Waals surface area contributed by atoms with Crippen LogP contribution in [0, 0.1) is 5.41 Å². The molecule has 2 fully saturated rings. The molecule has 6 nitrogen and oxygen atoms in total. The summed E-state index contributed by atoms with van der Waals surface area (Å²) in [4.78, 5) is 30.7. The van der Waals surface area contributed by atoms with Crippen LogP contribution in [-0.2, 0) is 16.1 Å². The maximum Gasteiger partial charge on any atom is 0.490 e. The Bertz CT molecular complexity index is 827. The Morgan fingerprint density at radius 2 is 2.03 bits per heavy atom. The fourth-order valence-corrected chi connectivity index (χ4v) is 5.04. The van der Waals surface area contributed by atoms with Gasteiger partial charge in [0.05, 0.1) is 17.6 Å². The SMILES string of the molecule is O=C(O)C(F)(F)F.O=C1N(c2ccsc2)CCC12CCCN(Cc1nccs1)C2. The van der Waals surface area contributed by atoms with Gasteiger partial charge in [-0.1, -0.05) is 0 Å². The lowest BCUT2D eigenvalue weighted by Crippen LogP contribution is -2.47. The second kappa shape index (κ2) is 8.80. The average molecular weight is 448 g/mol. The highest BCUT2D eigenvalue weighted by Crippen LogP contribution is 2.42. The molecule has 29 heavy (non-hydrogen) atoms. The van der Waals surface area contributed by atoms with Gasteiger partial charge in [-0.2, -0.15) is 24.5 Å². The number of halogens is 3. The first-order valence-corrected chi connectivity index (χ1v) is 10.8. The van der Waals surface area contributed by atoms with Gasteiger partial charge in [-0.25, -0.2) is 9.78 Å². The van der Waals surface area contributed by atoms with E-state index in [0.717, 1.165) is 56.1 Å². The van der Waals surface area contributed by atoms with Crippen LogP contribution in [0.1, 0.15) is 24.3 Å². The highest BCUT2D eigenvalue weighted by molar-refractivity contribution is 7.09. The number of aromatic nitrogens is 1. The normalized spacial score (nSPS) is 22.6. The Morgan fingerprint density at radius 1 is 1.28 bits per heavy atom. The Balaban J connectivity index is 0.000000298. The largest absolute Gasteiger partial charge is 0.490 e. The van der Waals surface area contributed by atoms with Gasteiger partial charge in [0.2, 0.25) is 5.91 Å². The van der Waals surface area contributed by atoms with Crippen molar-refractivity contribution in [2.75, 3.05) is 24.5 Å². The van der Waals surface area contributed by atoms with E-state index in [0.29, 0.717) is 5.91 Å². The highest BCUT2D eigenvalue weighted by atomic mass is 32.1. The number of carbonyl (C=O) groups excluding carboxylic acids is 1. The van der Waals surface area contributed by atoms with Crippen molar-refractivity contribution in [1.82, 2.24) is 9.88 Å². The van der Waals surface area contributed by atoms with Crippen molar-refractivity contribution in [2.24, 2.45) is 5.41 Å². The summed E-state index contributed by atoms with van der Waals surface area (Å²) in [6.07, 6.45) is -0.107. The zero-order valence-corrected chi connectivity index (χ0v) is 17.0. The van der Waals surface area contributed by atoms with E-state index in [4.69, 9.17) is 9.90 Å². The zero-order chi connectivity index (χ0) is 21.1. The quantitative estimate of drug-likeness (QED) is 0.774. The molecule has 1 atom stereocenters. The van der Waals surface area contributed by atoms with E-state index in [1.165, 1.54) is 0 Å². The van der Waals surface area contributed by atoms with Crippen LogP contribution in [0.2, 0.25) is 0 Å². The summed E-state index contributed by atoms with van der Waals surface area (Å²) in [6.45, 7) is 3.70. The van der Waals surface area contributed by atoms with Crippen molar-refractivity contribution in [3.05, 3.63) is 33.4 Å². The van der Waals surface area contributed by atoms with Gasteiger partial charge in [0.15, 0.2) is 0 Å². The van der Waals surface area contributed by atoms with E-state index in [1.807, 2.05) is 21.9 Å². The van der Waals surface area contributed by atoms with E-state index in [2.05, 4.69) is 21.3 Å². The third-order valence-corrected chi connectivity index (χ3v) is 6.51. The molecule has 0 saturated carbocycles. The minimum absolute atomic E-state index is 0.169. The molecule has 0 aromatic carbocycles. The molecule has 2 aliphatic rings. The second-order valence-corrected chi connectivity index (χ2v) is 8.77. The third kappa shape index (κ3) is 5.14. The lowest BCUT2D eigenvalue weighted by atomic mass is 9.78. The van der Waals surface area contributed by atoms with E-state index in [-0.39, 0.29) is 5.41 Å². The monoisotopic (exact) mass is 447 g/mol. The number of hydrogen-bond donors (Lipinski definition) is 1. The maximum absolute atomic E-state index is 13.0. The molecule has 4 rings (SSSR count). The molecule has 2 saturated heterocycles. The number of thiazole rings is 1. The summed E-state index contributed by atoms with van der Waals surface area (Å²) in [7, 11) is 0. The summed E-state index contributed by atoms with van der Waals surface area (Å²) in [5.41, 5.74) is 0.904. The van der Waals surface area contributed by atoms with Crippen molar-refractivity contribution >= 4 is 40.2 Å². The van der Waals surface area contributed by atoms with Gasteiger partial charge in [-0.15, -0.1) is 11.3 Å². The Kier molecular flexibility index (Phi) is 6.59. The molecule has 1 spiro atoms. The van der Waals surface area contributed by atoms with Crippen LogP contribution >= 0.6 is 22.7 Å². The number of carboxylic acid groups (broad SMARTS) is 1. The lowest BCUT2D eigenvalue weighted by Gasteiger charge is -2.38. The molecule has 1 unspecified atom stereocenters. The molecule has 2 aromatic rings. The summed E-state index contributed by atoms with van der Waals surface area (Å²) in [5, 5.41) is 14.4. The van der Waals surface area contributed by atoms with E-state index in [1.54, 1.807) is 22.7 Å². The van der Waals surface area contributed by atoms with Crippen LogP contribution in [0.4, 0.5) is 18.9 Å². The molecule has 0 radical (unpaired) electrons. The number of alkyl halides is 3. The van der Waals surface area contributed by atoms with Crippen LogP contribution in [0.5, 0.6) is 0 Å². The molecule has 0 bridgehead atoms. The predicted molar refractivity (Wildman–Crippen MR) is 104 cm³/mol. The topological polar surface area (TPSA) is 73.7 Å². The van der Waals surface area contributed by atoms with Crippen LogP contribution in [0.25, 0.3) is 0 Å². The van der Waals surface area contributed by atoms with Gasteiger partial charge < -0.3 is 10.0 Å². The smallest absolute Gasteiger partial charge is 0.475 e. The van der Waals surface area contributed by atoms with Crippen molar-refractivity contribution in [1.29, 1.82) is 0 Å². The van der Waals surface area contributed by atoms with Gasteiger partial charge in [0.25, 0.3) is 0 Å². The fraction of sp³-hybridized carbons (Fsp3) is 0.500. The van der Waals surface area contributed by atoms with Crippen LogP contribution in [-0.4, -0.2) is 52.7 Å². The summed E-state index contributed by atoms with van der Waals surface area (Å²) < 4.78 is 31.7. The minimum atomic E-state index is -5.08. The number of likely N-dealkylation sites (tertiary alicyclic amines) is 1. The number of carboxylic acids is 1. The number of anilines is 1. The number of hydrogen-bond acceptors (Lipinski definition) is 6. The fourth-order valence-electron chi connectivity index (χ4n) is 3.74. The van der Waals surface area contributed by atoms with Crippen LogP contribution in [0.15, 0.2) is 28.4 Å². The molecule has 2 aromatic heterocycles. The van der Waals surface area contributed by atoms with Crippen molar-refractivity contribution in [3.8, 4) is 0 Å². The van der Waals surface area contributed by atoms with Crippen LogP contribution in [0.3, 0.4) is 0 Å². The van der Waals surface area contributed by atoms with Crippen molar-refractivity contribution < 1.29 is 27.9 Å².